The van der Waals surface area contributed by atoms with E-state index in [4.69, 9.17) is 0 Å². The average molecular weight is 511 g/mol. The predicted octanol–water partition coefficient (Wildman–Crippen LogP) is 2.50. The lowest BCUT2D eigenvalue weighted by Gasteiger charge is -2.42. The topological polar surface area (TPSA) is 92.2 Å². The highest BCUT2D eigenvalue weighted by Crippen LogP contribution is 2.36. The molecule has 2 bridgehead atoms. The molecule has 1 aromatic rings. The van der Waals surface area contributed by atoms with Gasteiger partial charge >= 0.3 is 18.2 Å². The van der Waals surface area contributed by atoms with Crippen LogP contribution in [0.4, 0.5) is 28.6 Å². The summed E-state index contributed by atoms with van der Waals surface area (Å²) >= 11 is 0. The second-order valence-corrected chi connectivity index (χ2v) is 10.3. The molecule has 198 valence electrons. The summed E-state index contributed by atoms with van der Waals surface area (Å²) in [5.74, 6) is -0.1000. The van der Waals surface area contributed by atoms with Crippen LogP contribution in [0.1, 0.15) is 44.1 Å². The Morgan fingerprint density at radius 1 is 1.00 bits per heavy atom. The van der Waals surface area contributed by atoms with Crippen molar-refractivity contribution < 1.29 is 27.9 Å². The number of piperazine rings is 1. The number of aliphatic hydroxyl groups excluding tert-OH is 1. The lowest BCUT2D eigenvalue weighted by atomic mass is 10.0. The SMILES string of the molecule is O=C(N1CCN(c2ncccc2C(F)(F)F)CC1)N1CCC[C@H](NC(=O)N2C3CC[C@H]2CC(O)C3)C1. The summed E-state index contributed by atoms with van der Waals surface area (Å²) in [6, 6.07) is 2.05. The minimum absolute atomic E-state index is 0.0772. The van der Waals surface area contributed by atoms with Gasteiger partial charge in [0.2, 0.25) is 0 Å². The van der Waals surface area contributed by atoms with Crippen LogP contribution in [-0.4, -0.2) is 100 Å². The summed E-state index contributed by atoms with van der Waals surface area (Å²) in [5, 5.41) is 13.1. The van der Waals surface area contributed by atoms with Crippen LogP contribution in [0.15, 0.2) is 18.3 Å². The number of halogens is 3. The third-order valence-electron chi connectivity index (χ3n) is 7.90. The van der Waals surface area contributed by atoms with Crippen LogP contribution < -0.4 is 10.2 Å². The van der Waals surface area contributed by atoms with Gasteiger partial charge in [-0.05, 0) is 50.7 Å². The summed E-state index contributed by atoms with van der Waals surface area (Å²) in [7, 11) is 0. The van der Waals surface area contributed by atoms with E-state index in [-0.39, 0.29) is 55.2 Å². The number of carbonyl (C=O) groups excluding carboxylic acids is 2. The van der Waals surface area contributed by atoms with Crippen molar-refractivity contribution in [3.8, 4) is 0 Å². The lowest BCUT2D eigenvalue weighted by Crippen LogP contribution is -2.59. The predicted molar refractivity (Wildman–Crippen MR) is 125 cm³/mol. The fraction of sp³-hybridized carbons (Fsp3) is 0.708. The molecule has 4 atom stereocenters. The van der Waals surface area contributed by atoms with E-state index >= 15 is 0 Å². The zero-order valence-corrected chi connectivity index (χ0v) is 20.2. The highest BCUT2D eigenvalue weighted by atomic mass is 19.4. The van der Waals surface area contributed by atoms with Gasteiger partial charge in [-0.15, -0.1) is 0 Å². The number of pyridine rings is 1. The number of hydrogen-bond donors (Lipinski definition) is 2. The summed E-state index contributed by atoms with van der Waals surface area (Å²) < 4.78 is 40.1. The van der Waals surface area contributed by atoms with Crippen molar-refractivity contribution in [3.63, 3.8) is 0 Å². The van der Waals surface area contributed by atoms with Crippen molar-refractivity contribution in [3.05, 3.63) is 23.9 Å². The molecule has 5 heterocycles. The molecule has 2 N–H and O–H groups in total. The van der Waals surface area contributed by atoms with Crippen molar-refractivity contribution in [2.45, 2.75) is 68.9 Å². The number of anilines is 1. The van der Waals surface area contributed by atoms with Gasteiger partial charge < -0.3 is 30.0 Å². The standard InChI is InChI=1S/C24H33F3N6O3/c25-24(26,27)20-4-1-7-28-21(20)30-9-11-31(12-10-30)23(36)32-8-2-3-16(15-32)29-22(35)33-17-5-6-18(33)14-19(34)13-17/h1,4,7,16-19,34H,2-3,5-6,8-15H2,(H,29,35)/t16-,17-,18?,19?/m0/s1. The smallest absolute Gasteiger partial charge is 0.393 e. The van der Waals surface area contributed by atoms with Crippen molar-refractivity contribution in [2.75, 3.05) is 44.2 Å². The van der Waals surface area contributed by atoms with E-state index in [0.29, 0.717) is 39.0 Å². The minimum Gasteiger partial charge on any atom is -0.393 e. The second-order valence-electron chi connectivity index (χ2n) is 10.3. The molecule has 4 saturated heterocycles. The maximum atomic E-state index is 13.4. The highest BCUT2D eigenvalue weighted by Gasteiger charge is 2.43. The van der Waals surface area contributed by atoms with Gasteiger partial charge in [-0.2, -0.15) is 13.2 Å². The Hall–Kier alpha value is -2.76. The number of hydrogen-bond acceptors (Lipinski definition) is 5. The number of aliphatic hydroxyl groups is 1. The molecule has 1 aromatic heterocycles. The molecule has 0 spiro atoms. The molecule has 4 aliphatic rings. The van der Waals surface area contributed by atoms with Crippen molar-refractivity contribution in [1.82, 2.24) is 25.0 Å². The number of amides is 4. The molecule has 36 heavy (non-hydrogen) atoms. The van der Waals surface area contributed by atoms with Crippen LogP contribution in [0.25, 0.3) is 0 Å². The van der Waals surface area contributed by atoms with Crippen LogP contribution in [0.5, 0.6) is 0 Å². The van der Waals surface area contributed by atoms with Crippen molar-refractivity contribution >= 4 is 17.9 Å². The number of rotatable bonds is 2. The van der Waals surface area contributed by atoms with E-state index < -0.39 is 11.7 Å². The molecule has 12 heteroatoms. The fourth-order valence-electron chi connectivity index (χ4n) is 6.18. The van der Waals surface area contributed by atoms with E-state index in [1.54, 1.807) is 14.7 Å². The zero-order valence-electron chi connectivity index (χ0n) is 20.2. The first-order valence-corrected chi connectivity index (χ1v) is 12.8. The molecular weight excluding hydrogens is 477 g/mol. The number of nitrogens with one attached hydrogen (secondary N) is 1. The normalized spacial score (nSPS) is 28.9. The molecule has 5 rings (SSSR count). The lowest BCUT2D eigenvalue weighted by molar-refractivity contribution is -0.137. The number of carbonyl (C=O) groups is 2. The molecule has 4 aliphatic heterocycles. The van der Waals surface area contributed by atoms with Gasteiger partial charge in [0.05, 0.1) is 11.7 Å². The van der Waals surface area contributed by atoms with Crippen molar-refractivity contribution in [2.24, 2.45) is 0 Å². The van der Waals surface area contributed by atoms with Crippen LogP contribution in [0.3, 0.4) is 0 Å². The average Bonchev–Trinajstić information content (AvgIpc) is 3.14. The number of fused-ring (bicyclic) bond motifs is 2. The van der Waals surface area contributed by atoms with E-state index in [1.807, 2.05) is 4.90 Å². The quantitative estimate of drug-likeness (QED) is 0.638. The first-order valence-electron chi connectivity index (χ1n) is 12.8. The van der Waals surface area contributed by atoms with E-state index in [2.05, 4.69) is 10.3 Å². The Labute approximate surface area is 208 Å². The number of urea groups is 2. The van der Waals surface area contributed by atoms with Gasteiger partial charge in [-0.3, -0.25) is 0 Å². The number of nitrogens with zero attached hydrogens (tertiary/aromatic N) is 5. The van der Waals surface area contributed by atoms with Gasteiger partial charge in [0.15, 0.2) is 0 Å². The van der Waals surface area contributed by atoms with Gasteiger partial charge in [-0.25, -0.2) is 14.6 Å². The third-order valence-corrected chi connectivity index (χ3v) is 7.90. The van der Waals surface area contributed by atoms with Crippen LogP contribution in [0.2, 0.25) is 0 Å². The Bertz CT molecular complexity index is 957. The minimum atomic E-state index is -4.49. The largest absolute Gasteiger partial charge is 0.419 e. The van der Waals surface area contributed by atoms with Gasteiger partial charge in [0, 0.05) is 63.6 Å². The molecule has 0 aromatic carbocycles. The Morgan fingerprint density at radius 3 is 2.36 bits per heavy atom. The summed E-state index contributed by atoms with van der Waals surface area (Å²) in [5.41, 5.74) is -0.768. The molecule has 0 saturated carbocycles. The number of piperidine rings is 2. The first-order chi connectivity index (χ1) is 17.2. The molecule has 9 nitrogen and oxygen atoms in total. The summed E-state index contributed by atoms with van der Waals surface area (Å²) in [6.45, 7) is 2.15. The van der Waals surface area contributed by atoms with Crippen LogP contribution in [0, 0.1) is 0 Å². The molecule has 4 fully saturated rings. The maximum absolute atomic E-state index is 13.4. The van der Waals surface area contributed by atoms with Crippen molar-refractivity contribution in [1.29, 1.82) is 0 Å². The van der Waals surface area contributed by atoms with E-state index in [0.717, 1.165) is 31.7 Å². The summed E-state index contributed by atoms with van der Waals surface area (Å²) in [4.78, 5) is 37.0. The van der Waals surface area contributed by atoms with Gasteiger partial charge in [0.25, 0.3) is 0 Å². The zero-order chi connectivity index (χ0) is 25.4. The first kappa shape index (κ1) is 24.9. The van der Waals surface area contributed by atoms with E-state index in [9.17, 15) is 27.9 Å². The molecule has 4 amide bonds. The fourth-order valence-corrected chi connectivity index (χ4v) is 6.18. The second kappa shape index (κ2) is 9.95. The Morgan fingerprint density at radius 2 is 1.69 bits per heavy atom. The monoisotopic (exact) mass is 510 g/mol. The summed E-state index contributed by atoms with van der Waals surface area (Å²) in [6.07, 6.45) is 1.15. The highest BCUT2D eigenvalue weighted by molar-refractivity contribution is 5.77. The van der Waals surface area contributed by atoms with Crippen LogP contribution >= 0.6 is 0 Å². The van der Waals surface area contributed by atoms with Gasteiger partial charge in [-0.1, -0.05) is 0 Å². The number of alkyl halides is 3. The van der Waals surface area contributed by atoms with E-state index in [1.165, 1.54) is 12.3 Å². The number of likely N-dealkylation sites (tertiary alicyclic amines) is 1. The van der Waals surface area contributed by atoms with Crippen LogP contribution in [-0.2, 0) is 6.18 Å². The maximum Gasteiger partial charge on any atom is 0.419 e. The third kappa shape index (κ3) is 5.05. The Kier molecular flexibility index (Phi) is 6.88. The molecular formula is C24H33F3N6O3. The molecule has 2 unspecified atom stereocenters. The number of aromatic nitrogens is 1. The molecule has 0 radical (unpaired) electrons. The molecule has 0 aliphatic carbocycles. The Balaban J connectivity index is 1.15. The van der Waals surface area contributed by atoms with Gasteiger partial charge in [0.1, 0.15) is 5.82 Å².